The first-order chi connectivity index (χ1) is 21.4. The van der Waals surface area contributed by atoms with Gasteiger partial charge in [0.15, 0.2) is 17.2 Å². The number of aliphatic hydroxyl groups is 3. The molecule has 0 aliphatic heterocycles. The number of allylic oxidation sites excluding steroid dienone is 1. The average Bonchev–Trinajstić information content (AvgIpc) is 3.52. The first kappa shape index (κ1) is 33.6. The second-order valence-corrected chi connectivity index (χ2v) is 14.3. The second kappa shape index (κ2) is 11.2. The van der Waals surface area contributed by atoms with Gasteiger partial charge in [-0.2, -0.15) is 0 Å². The number of ketones is 4. The van der Waals surface area contributed by atoms with E-state index in [9.17, 15) is 44.4 Å². The van der Waals surface area contributed by atoms with Crippen LogP contribution in [0.4, 0.5) is 0 Å². The predicted octanol–water partition coefficient (Wildman–Crippen LogP) is 5.14. The van der Waals surface area contributed by atoms with Crippen molar-refractivity contribution in [3.63, 3.8) is 0 Å². The van der Waals surface area contributed by atoms with Crippen LogP contribution in [0.3, 0.4) is 0 Å². The van der Waals surface area contributed by atoms with Crippen LogP contribution in [0.25, 0.3) is 0 Å². The number of ether oxygens (including phenoxy) is 1. The van der Waals surface area contributed by atoms with E-state index in [2.05, 4.69) is 0 Å². The van der Waals surface area contributed by atoms with Crippen molar-refractivity contribution >= 4 is 29.1 Å². The molecule has 10 nitrogen and oxygen atoms in total. The van der Waals surface area contributed by atoms with Crippen LogP contribution in [0.5, 0.6) is 5.75 Å². The number of esters is 1. The van der Waals surface area contributed by atoms with Gasteiger partial charge in [-0.15, -0.1) is 0 Å². The van der Waals surface area contributed by atoms with Crippen molar-refractivity contribution in [2.24, 2.45) is 28.6 Å². The fraction of sp³-hybridized carbons (Fsp3) is 0.583. The van der Waals surface area contributed by atoms with E-state index in [-0.39, 0.29) is 30.1 Å². The summed E-state index contributed by atoms with van der Waals surface area (Å²) in [4.78, 5) is 68.1. The maximum absolute atomic E-state index is 14.6. The highest BCUT2D eigenvalue weighted by Gasteiger charge is 2.77. The molecule has 1 unspecified atom stereocenters. The minimum absolute atomic E-state index is 0.00519. The van der Waals surface area contributed by atoms with Gasteiger partial charge in [0, 0.05) is 30.1 Å². The number of hydrogen-bond acceptors (Lipinski definition) is 10. The number of fused-ring (bicyclic) bond motifs is 3. The molecule has 0 heterocycles. The lowest BCUT2D eigenvalue weighted by atomic mass is 9.41. The van der Waals surface area contributed by atoms with Gasteiger partial charge in [0.05, 0.1) is 16.6 Å². The molecule has 248 valence electrons. The Kier molecular flexibility index (Phi) is 8.16. The third-order valence-electron chi connectivity index (χ3n) is 11.6. The minimum Gasteiger partial charge on any atom is -0.511 e. The molecule has 10 heteroatoms. The lowest BCUT2D eigenvalue weighted by Gasteiger charge is -2.63. The summed E-state index contributed by atoms with van der Waals surface area (Å²) in [5, 5.41) is 47.3. The van der Waals surface area contributed by atoms with E-state index < -0.39 is 92.0 Å². The van der Waals surface area contributed by atoms with E-state index in [0.717, 1.165) is 32.6 Å². The molecule has 1 fully saturated rings. The van der Waals surface area contributed by atoms with Gasteiger partial charge in [-0.3, -0.25) is 24.0 Å². The lowest BCUT2D eigenvalue weighted by Crippen LogP contribution is -2.74. The highest BCUT2D eigenvalue weighted by Crippen LogP contribution is 2.68. The van der Waals surface area contributed by atoms with Crippen LogP contribution in [0, 0.1) is 28.6 Å². The average molecular weight is 637 g/mol. The topological polar surface area (TPSA) is 176 Å². The largest absolute Gasteiger partial charge is 0.511 e. The van der Waals surface area contributed by atoms with Crippen molar-refractivity contribution < 1.29 is 49.1 Å². The normalized spacial score (nSPS) is 32.8. The number of phenolic OH excluding ortho intramolecular Hbond substituents is 1. The summed E-state index contributed by atoms with van der Waals surface area (Å²) in [5.74, 6) is -8.47. The molecule has 4 aliphatic rings. The number of aliphatic hydroxyl groups excluding tert-OH is 2. The monoisotopic (exact) mass is 636 g/mol. The molecule has 0 bridgehead atoms. The zero-order valence-corrected chi connectivity index (χ0v) is 27.5. The molecule has 1 aromatic carbocycles. The quantitative estimate of drug-likeness (QED) is 0.232. The molecule has 4 aliphatic carbocycles. The number of carbonyl (C=O) groups is 5. The van der Waals surface area contributed by atoms with E-state index >= 15 is 0 Å². The van der Waals surface area contributed by atoms with Crippen LogP contribution in [0.2, 0.25) is 0 Å². The van der Waals surface area contributed by atoms with Crippen LogP contribution in [-0.4, -0.2) is 61.2 Å². The van der Waals surface area contributed by atoms with Gasteiger partial charge >= 0.3 is 5.97 Å². The Morgan fingerprint density at radius 2 is 1.65 bits per heavy atom. The predicted molar refractivity (Wildman–Crippen MR) is 166 cm³/mol. The standard InChI is InChI=1S/C36H44O10/c1-8-23(40)46-33-34(6)17(4)24-20(15-22(39)19-11-9-10-12-19)13-14-21(38)26(24)30(42)28(34)32(44)36(45)31(43)25(18(5)37)29(41)27(16(2)3)35(33,36)7/h13-14,16-17,19,27,33,38,41,44-45H,8-12,15H2,1-7H3/t17-,27?,33-,34+,35+,36+/m1/s1. The van der Waals surface area contributed by atoms with Crippen molar-refractivity contribution in [1.82, 2.24) is 0 Å². The SMILES string of the molecule is CCC(=O)O[C@@H]1[C@]2(C)C(=C(O)[C@@]3(O)C(=O)C(C(C)=O)=C(O)C(C(C)C)[C@@]13C)C(=O)c1c(O)ccc(CC(=O)C3CCCC3)c1[C@H]2C. The van der Waals surface area contributed by atoms with Crippen LogP contribution >= 0.6 is 0 Å². The van der Waals surface area contributed by atoms with Crippen molar-refractivity contribution in [2.75, 3.05) is 0 Å². The third-order valence-corrected chi connectivity index (χ3v) is 11.6. The molecule has 0 amide bonds. The zero-order chi connectivity index (χ0) is 34.3. The van der Waals surface area contributed by atoms with Gasteiger partial charge in [0.25, 0.3) is 0 Å². The van der Waals surface area contributed by atoms with Crippen LogP contribution in [-0.2, 0) is 30.3 Å². The fourth-order valence-corrected chi connectivity index (χ4v) is 9.26. The molecule has 1 saturated carbocycles. The molecule has 0 spiro atoms. The molecule has 1 aromatic rings. The molecular formula is C36H44O10. The van der Waals surface area contributed by atoms with Gasteiger partial charge in [-0.25, -0.2) is 0 Å². The summed E-state index contributed by atoms with van der Waals surface area (Å²) in [6, 6.07) is 2.91. The number of Topliss-reactive ketones (excluding diaryl/α,β-unsaturated/α-hetero) is 4. The summed E-state index contributed by atoms with van der Waals surface area (Å²) in [6.45, 7) is 10.8. The second-order valence-electron chi connectivity index (χ2n) is 14.3. The van der Waals surface area contributed by atoms with Crippen molar-refractivity contribution in [3.05, 3.63) is 51.5 Å². The Hall–Kier alpha value is -3.79. The Morgan fingerprint density at radius 3 is 2.20 bits per heavy atom. The number of aromatic hydroxyl groups is 1. The molecule has 5 rings (SSSR count). The Labute approximate surface area is 268 Å². The number of benzene rings is 1. The molecule has 6 atom stereocenters. The summed E-state index contributed by atoms with van der Waals surface area (Å²) in [5.41, 5.74) is -7.05. The smallest absolute Gasteiger partial charge is 0.305 e. The number of phenols is 1. The highest BCUT2D eigenvalue weighted by atomic mass is 16.5. The van der Waals surface area contributed by atoms with Gasteiger partial charge in [0.2, 0.25) is 5.78 Å². The van der Waals surface area contributed by atoms with E-state index in [4.69, 9.17) is 4.74 Å². The van der Waals surface area contributed by atoms with Crippen LogP contribution in [0.1, 0.15) is 108 Å². The number of hydrogen-bond donors (Lipinski definition) is 4. The summed E-state index contributed by atoms with van der Waals surface area (Å²) in [7, 11) is 0. The zero-order valence-electron chi connectivity index (χ0n) is 27.5. The number of rotatable bonds is 7. The molecule has 0 aromatic heterocycles. The molecule has 0 radical (unpaired) electrons. The first-order valence-electron chi connectivity index (χ1n) is 16.2. The van der Waals surface area contributed by atoms with Crippen LogP contribution < -0.4 is 0 Å². The minimum atomic E-state index is -2.97. The maximum Gasteiger partial charge on any atom is 0.305 e. The van der Waals surface area contributed by atoms with E-state index in [0.29, 0.717) is 11.1 Å². The Bertz CT molecular complexity index is 1620. The van der Waals surface area contributed by atoms with E-state index in [1.165, 1.54) is 13.0 Å². The highest BCUT2D eigenvalue weighted by molar-refractivity contribution is 6.25. The van der Waals surface area contributed by atoms with Crippen molar-refractivity contribution in [2.45, 2.75) is 105 Å². The summed E-state index contributed by atoms with van der Waals surface area (Å²) in [6.07, 6.45) is 1.86. The van der Waals surface area contributed by atoms with Gasteiger partial charge in [-0.05, 0) is 48.8 Å². The molecular weight excluding hydrogens is 592 g/mol. The summed E-state index contributed by atoms with van der Waals surface area (Å²) >= 11 is 0. The summed E-state index contributed by atoms with van der Waals surface area (Å²) < 4.78 is 6.14. The van der Waals surface area contributed by atoms with E-state index in [1.807, 2.05) is 0 Å². The molecule has 0 saturated heterocycles. The third kappa shape index (κ3) is 4.21. The lowest BCUT2D eigenvalue weighted by molar-refractivity contribution is -0.224. The van der Waals surface area contributed by atoms with Gasteiger partial charge in [0.1, 0.15) is 34.7 Å². The van der Waals surface area contributed by atoms with Gasteiger partial charge in [-0.1, -0.05) is 60.5 Å². The molecule has 4 N–H and O–H groups in total. The van der Waals surface area contributed by atoms with Gasteiger partial charge < -0.3 is 25.2 Å². The fourth-order valence-electron chi connectivity index (χ4n) is 9.26. The Balaban J connectivity index is 1.87. The number of carbonyl (C=O) groups excluding carboxylic acids is 5. The molecule has 46 heavy (non-hydrogen) atoms. The van der Waals surface area contributed by atoms with Crippen molar-refractivity contribution in [1.29, 1.82) is 0 Å². The van der Waals surface area contributed by atoms with Crippen LogP contribution in [0.15, 0.2) is 34.8 Å². The van der Waals surface area contributed by atoms with Crippen molar-refractivity contribution in [3.8, 4) is 5.75 Å². The first-order valence-corrected chi connectivity index (χ1v) is 16.2. The maximum atomic E-state index is 14.6. The Morgan fingerprint density at radius 1 is 1.04 bits per heavy atom. The van der Waals surface area contributed by atoms with E-state index in [1.54, 1.807) is 40.7 Å².